The minimum Gasteiger partial charge on any atom is -0.480 e. The molecule has 0 bridgehead atoms. The van der Waals surface area contributed by atoms with Crippen LogP contribution in [0.2, 0.25) is 0 Å². The van der Waals surface area contributed by atoms with E-state index in [1.807, 2.05) is 0 Å². The highest BCUT2D eigenvalue weighted by Crippen LogP contribution is 2.14. The van der Waals surface area contributed by atoms with E-state index in [0.717, 1.165) is 0 Å². The second-order valence-corrected chi connectivity index (χ2v) is 4.74. The highest BCUT2D eigenvalue weighted by Gasteiger charge is 2.24. The van der Waals surface area contributed by atoms with E-state index in [1.54, 1.807) is 13.8 Å². The first-order chi connectivity index (χ1) is 9.22. The van der Waals surface area contributed by atoms with Gasteiger partial charge in [0.25, 0.3) is 5.91 Å². The fourth-order valence-corrected chi connectivity index (χ4v) is 1.63. The number of carboxylic acid groups (broad SMARTS) is 1. The van der Waals surface area contributed by atoms with Crippen LogP contribution in [-0.4, -0.2) is 23.0 Å². The Hall–Kier alpha value is -2.05. The van der Waals surface area contributed by atoms with Crippen molar-refractivity contribution in [2.75, 3.05) is 0 Å². The molecular weight excluding hydrogens is 275 g/mol. The minimum absolute atomic E-state index is 0.0220. The molecule has 1 aromatic carbocycles. The third-order valence-corrected chi connectivity index (χ3v) is 2.57. The number of carboxylic acids is 1. The van der Waals surface area contributed by atoms with Crippen molar-refractivity contribution in [2.24, 2.45) is 5.92 Å². The second-order valence-electron chi connectivity index (χ2n) is 4.74. The molecule has 0 aliphatic heterocycles. The van der Waals surface area contributed by atoms with E-state index in [4.69, 9.17) is 5.11 Å². The average molecular weight is 289 g/mol. The van der Waals surface area contributed by atoms with E-state index in [9.17, 15) is 22.8 Å². The summed E-state index contributed by atoms with van der Waals surface area (Å²) in [5.74, 6) is -6.46. The maximum Gasteiger partial charge on any atom is 0.326 e. The van der Waals surface area contributed by atoms with Gasteiger partial charge in [0.15, 0.2) is 11.6 Å². The van der Waals surface area contributed by atoms with Crippen molar-refractivity contribution in [3.63, 3.8) is 0 Å². The molecule has 0 unspecified atom stereocenters. The fraction of sp³-hybridized carbons (Fsp3) is 0.385. The molecule has 0 saturated heterocycles. The molecule has 0 aromatic heterocycles. The third kappa shape index (κ3) is 3.97. The van der Waals surface area contributed by atoms with Crippen LogP contribution in [0.25, 0.3) is 0 Å². The summed E-state index contributed by atoms with van der Waals surface area (Å²) in [6.07, 6.45) is 0.131. The maximum absolute atomic E-state index is 13.4. The Morgan fingerprint density at radius 1 is 1.15 bits per heavy atom. The van der Waals surface area contributed by atoms with Crippen molar-refractivity contribution < 1.29 is 27.9 Å². The number of hydrogen-bond donors (Lipinski definition) is 2. The summed E-state index contributed by atoms with van der Waals surface area (Å²) in [4.78, 5) is 22.7. The molecule has 1 rings (SSSR count). The highest BCUT2D eigenvalue weighted by atomic mass is 19.2. The quantitative estimate of drug-likeness (QED) is 0.818. The van der Waals surface area contributed by atoms with Gasteiger partial charge in [0.05, 0.1) is 5.56 Å². The van der Waals surface area contributed by atoms with Crippen LogP contribution in [0.3, 0.4) is 0 Å². The molecule has 7 heteroatoms. The Morgan fingerprint density at radius 3 is 2.20 bits per heavy atom. The van der Waals surface area contributed by atoms with E-state index in [0.29, 0.717) is 6.07 Å². The first kappa shape index (κ1) is 16.0. The molecule has 4 nitrogen and oxygen atoms in total. The lowest BCUT2D eigenvalue weighted by molar-refractivity contribution is -0.139. The molecular formula is C13H14F3NO3. The zero-order chi connectivity index (χ0) is 15.4. The van der Waals surface area contributed by atoms with Crippen molar-refractivity contribution >= 4 is 11.9 Å². The van der Waals surface area contributed by atoms with Gasteiger partial charge in [-0.1, -0.05) is 13.8 Å². The molecule has 0 spiro atoms. The van der Waals surface area contributed by atoms with E-state index < -0.39 is 40.9 Å². The molecule has 0 aliphatic carbocycles. The number of benzene rings is 1. The summed E-state index contributed by atoms with van der Waals surface area (Å²) in [6, 6.07) is -0.591. The zero-order valence-corrected chi connectivity index (χ0v) is 10.9. The van der Waals surface area contributed by atoms with Gasteiger partial charge in [-0.25, -0.2) is 18.0 Å². The normalized spacial score (nSPS) is 12.3. The summed E-state index contributed by atoms with van der Waals surface area (Å²) in [7, 11) is 0. The Kier molecular flexibility index (Phi) is 5.12. The van der Waals surface area contributed by atoms with E-state index in [2.05, 4.69) is 5.32 Å². The van der Waals surface area contributed by atoms with Crippen LogP contribution in [0.1, 0.15) is 30.6 Å². The van der Waals surface area contributed by atoms with E-state index in [-0.39, 0.29) is 18.4 Å². The Morgan fingerprint density at radius 2 is 1.70 bits per heavy atom. The maximum atomic E-state index is 13.4. The number of carbonyl (C=O) groups excluding carboxylic acids is 1. The summed E-state index contributed by atoms with van der Waals surface area (Å²) in [5.41, 5.74) is -0.737. The summed E-state index contributed by atoms with van der Waals surface area (Å²) in [5, 5.41) is 11.0. The van der Waals surface area contributed by atoms with Crippen molar-refractivity contribution in [1.29, 1.82) is 0 Å². The number of carbonyl (C=O) groups is 2. The average Bonchev–Trinajstić information content (AvgIpc) is 2.32. The molecule has 2 N–H and O–H groups in total. The lowest BCUT2D eigenvalue weighted by atomic mass is 10.0. The summed E-state index contributed by atoms with van der Waals surface area (Å²) >= 11 is 0. The molecule has 0 radical (unpaired) electrons. The van der Waals surface area contributed by atoms with Gasteiger partial charge in [0.1, 0.15) is 11.9 Å². The molecule has 1 atom stereocenters. The highest BCUT2D eigenvalue weighted by molar-refractivity contribution is 5.96. The molecule has 0 saturated carbocycles. The van der Waals surface area contributed by atoms with Crippen LogP contribution in [0.4, 0.5) is 13.2 Å². The molecule has 1 amide bonds. The topological polar surface area (TPSA) is 66.4 Å². The molecule has 1 aromatic rings. The Balaban J connectivity index is 2.95. The lowest BCUT2D eigenvalue weighted by Gasteiger charge is -2.16. The summed E-state index contributed by atoms with van der Waals surface area (Å²) in [6.45, 7) is 3.50. The largest absolute Gasteiger partial charge is 0.480 e. The standard InChI is InChI=1S/C13H14F3NO3/c1-6(2)3-11(13(19)20)17-12(18)7-4-9(15)10(16)5-8(7)14/h4-6,11H,3H2,1-2H3,(H,17,18)(H,19,20)/t11-/m0/s1. The number of aliphatic carboxylic acids is 1. The number of nitrogens with one attached hydrogen (secondary N) is 1. The van der Waals surface area contributed by atoms with Gasteiger partial charge in [0, 0.05) is 6.07 Å². The number of rotatable bonds is 5. The van der Waals surface area contributed by atoms with E-state index >= 15 is 0 Å². The van der Waals surface area contributed by atoms with Crippen LogP contribution >= 0.6 is 0 Å². The van der Waals surface area contributed by atoms with Crippen LogP contribution in [0.5, 0.6) is 0 Å². The lowest BCUT2D eigenvalue weighted by Crippen LogP contribution is -2.42. The van der Waals surface area contributed by atoms with Gasteiger partial charge < -0.3 is 10.4 Å². The number of hydrogen-bond acceptors (Lipinski definition) is 2. The van der Waals surface area contributed by atoms with Crippen molar-refractivity contribution in [2.45, 2.75) is 26.3 Å². The molecule has 0 heterocycles. The second kappa shape index (κ2) is 6.40. The van der Waals surface area contributed by atoms with Gasteiger partial charge in [-0.3, -0.25) is 4.79 Å². The van der Waals surface area contributed by atoms with Crippen LogP contribution < -0.4 is 5.32 Å². The molecule has 0 fully saturated rings. The fourth-order valence-electron chi connectivity index (χ4n) is 1.63. The Labute approximate surface area is 113 Å². The van der Waals surface area contributed by atoms with Crippen molar-refractivity contribution in [3.05, 3.63) is 35.1 Å². The molecule has 20 heavy (non-hydrogen) atoms. The first-order valence-electron chi connectivity index (χ1n) is 5.90. The van der Waals surface area contributed by atoms with Gasteiger partial charge in [-0.05, 0) is 18.4 Å². The van der Waals surface area contributed by atoms with Gasteiger partial charge in [-0.2, -0.15) is 0 Å². The van der Waals surface area contributed by atoms with Crippen LogP contribution in [-0.2, 0) is 4.79 Å². The first-order valence-corrected chi connectivity index (χ1v) is 5.90. The van der Waals surface area contributed by atoms with E-state index in [1.165, 1.54) is 0 Å². The molecule has 0 aliphatic rings. The monoisotopic (exact) mass is 289 g/mol. The minimum atomic E-state index is -1.42. The predicted molar refractivity (Wildman–Crippen MR) is 64.7 cm³/mol. The van der Waals surface area contributed by atoms with Crippen LogP contribution in [0.15, 0.2) is 12.1 Å². The smallest absolute Gasteiger partial charge is 0.326 e. The zero-order valence-electron chi connectivity index (χ0n) is 10.9. The number of amides is 1. The molecule has 110 valence electrons. The predicted octanol–water partition coefficient (Wildman–Crippen LogP) is 2.33. The van der Waals surface area contributed by atoms with Crippen molar-refractivity contribution in [3.8, 4) is 0 Å². The van der Waals surface area contributed by atoms with Gasteiger partial charge in [0.2, 0.25) is 0 Å². The Bertz CT molecular complexity index is 532. The number of halogens is 3. The van der Waals surface area contributed by atoms with Gasteiger partial charge in [-0.15, -0.1) is 0 Å². The van der Waals surface area contributed by atoms with Crippen LogP contribution in [0, 0.1) is 23.4 Å². The van der Waals surface area contributed by atoms with Crippen molar-refractivity contribution in [1.82, 2.24) is 5.32 Å². The SMILES string of the molecule is CC(C)C[C@H](NC(=O)c1cc(F)c(F)cc1F)C(=O)O. The third-order valence-electron chi connectivity index (χ3n) is 2.57. The van der Waals surface area contributed by atoms with Gasteiger partial charge >= 0.3 is 5.97 Å². The summed E-state index contributed by atoms with van der Waals surface area (Å²) < 4.78 is 39.1.